The van der Waals surface area contributed by atoms with Crippen LogP contribution in [0.5, 0.6) is 0 Å². The van der Waals surface area contributed by atoms with Gasteiger partial charge in [0.2, 0.25) is 11.8 Å². The molecule has 2 saturated carbocycles. The Morgan fingerprint density at radius 2 is 1.84 bits per heavy atom. The minimum atomic E-state index is -4.69. The number of amides is 2. The lowest BCUT2D eigenvalue weighted by Crippen LogP contribution is -2.52. The Kier molecular flexibility index (Phi) is 9.23. The Hall–Kier alpha value is -5.14. The topological polar surface area (TPSA) is 136 Å². The van der Waals surface area contributed by atoms with E-state index in [4.69, 9.17) is 4.74 Å². The molecule has 0 aromatic carbocycles. The number of alkyl halides is 3. The maximum atomic E-state index is 14.1. The first-order valence-electron chi connectivity index (χ1n) is 16.7. The molecule has 6 rings (SSSR count). The standard InChI is InChI=1S/C37H39F3N6O5/c1-19(2)31-27(13-21(4)24-14-25(17-41-16-24)36(11-12-36)35(50)51-6)30(22(5)47)44-45(31)18-29(48)46-26-9-8-23(15-26)32(46)34(49)43-33-20(3)7-10-28(42-33)37(38,39)40/h7,10,13-14,16-17,23,26,32H,1,8-9,11-12,15,18H2,2-6H3,(H,42,43,49)/b21-13+/t23-,26?,32?/m0/s1. The summed E-state index contributed by atoms with van der Waals surface area (Å²) < 4.78 is 46.6. The van der Waals surface area contributed by atoms with Crippen LogP contribution in [0, 0.1) is 12.8 Å². The second-order valence-corrected chi connectivity index (χ2v) is 13.8. The maximum absolute atomic E-state index is 14.1. The van der Waals surface area contributed by atoms with E-state index in [1.54, 1.807) is 32.3 Å². The van der Waals surface area contributed by atoms with Crippen molar-refractivity contribution in [2.75, 3.05) is 12.4 Å². The third-order valence-corrected chi connectivity index (χ3v) is 10.2. The van der Waals surface area contributed by atoms with Crippen molar-refractivity contribution in [3.05, 3.63) is 76.5 Å². The van der Waals surface area contributed by atoms with Crippen molar-refractivity contribution in [3.8, 4) is 0 Å². The summed E-state index contributed by atoms with van der Waals surface area (Å²) in [7, 11) is 1.36. The highest BCUT2D eigenvalue weighted by Gasteiger charge is 2.53. The molecular weight excluding hydrogens is 665 g/mol. The number of piperidine rings is 1. The smallest absolute Gasteiger partial charge is 0.433 e. The van der Waals surface area contributed by atoms with Crippen molar-refractivity contribution in [1.29, 1.82) is 0 Å². The largest absolute Gasteiger partial charge is 0.468 e. The number of esters is 1. The predicted octanol–water partition coefficient (Wildman–Crippen LogP) is 6.02. The van der Waals surface area contributed by atoms with E-state index >= 15 is 0 Å². The number of rotatable bonds is 10. The van der Waals surface area contributed by atoms with Crippen LogP contribution in [0.25, 0.3) is 17.2 Å². The zero-order valence-electron chi connectivity index (χ0n) is 29.1. The Morgan fingerprint density at radius 1 is 1.12 bits per heavy atom. The number of anilines is 1. The van der Waals surface area contributed by atoms with E-state index in [0.717, 1.165) is 22.8 Å². The molecule has 11 nitrogen and oxygen atoms in total. The number of ketones is 1. The van der Waals surface area contributed by atoms with E-state index in [1.165, 1.54) is 29.7 Å². The molecule has 1 saturated heterocycles. The van der Waals surface area contributed by atoms with Crippen LogP contribution >= 0.6 is 0 Å². The quantitative estimate of drug-likeness (QED) is 0.200. The highest BCUT2D eigenvalue weighted by molar-refractivity contribution is 6.01. The van der Waals surface area contributed by atoms with E-state index in [-0.39, 0.29) is 41.8 Å². The number of methoxy groups -OCH3 is 1. The molecule has 2 aliphatic carbocycles. The number of halogens is 3. The number of likely N-dealkylation sites (tertiary alicyclic amines) is 1. The van der Waals surface area contributed by atoms with Crippen molar-refractivity contribution in [1.82, 2.24) is 24.6 Å². The van der Waals surface area contributed by atoms with Crippen molar-refractivity contribution >= 4 is 46.6 Å². The van der Waals surface area contributed by atoms with Crippen LogP contribution in [0.3, 0.4) is 0 Å². The molecule has 51 heavy (non-hydrogen) atoms. The number of pyridine rings is 2. The number of fused-ring (bicyclic) bond motifs is 2. The highest BCUT2D eigenvalue weighted by atomic mass is 19.4. The van der Waals surface area contributed by atoms with Crippen molar-refractivity contribution < 1.29 is 37.1 Å². The van der Waals surface area contributed by atoms with Crippen LogP contribution in [-0.4, -0.2) is 67.4 Å². The Morgan fingerprint density at radius 3 is 2.47 bits per heavy atom. The number of hydrogen-bond acceptors (Lipinski definition) is 8. The van der Waals surface area contributed by atoms with Gasteiger partial charge in [-0.1, -0.05) is 12.6 Å². The fraction of sp³-hybridized carbons (Fsp3) is 0.432. The molecule has 2 bridgehead atoms. The third kappa shape index (κ3) is 6.59. The van der Waals surface area contributed by atoms with E-state index in [1.807, 2.05) is 13.0 Å². The molecule has 1 N–H and O–H groups in total. The van der Waals surface area contributed by atoms with E-state index in [0.29, 0.717) is 54.5 Å². The van der Waals surface area contributed by atoms with Crippen LogP contribution in [0.4, 0.5) is 19.0 Å². The SMILES string of the molecule is C=C(C)c1c(/C=C(\C)c2cncc(C3(C(=O)OC)CC3)c2)c(C(C)=O)nn1CC(=O)N1C2CC[C@@H](C2)C1C(=O)Nc1nc(C(F)(F)F)ccc1C. The first-order chi connectivity index (χ1) is 24.0. The molecule has 3 atom stereocenters. The molecule has 2 unspecified atom stereocenters. The van der Waals surface area contributed by atoms with Crippen molar-refractivity contribution in [2.24, 2.45) is 5.92 Å². The maximum Gasteiger partial charge on any atom is 0.433 e. The minimum Gasteiger partial charge on any atom is -0.468 e. The number of allylic oxidation sites excluding steroid dienone is 2. The summed E-state index contributed by atoms with van der Waals surface area (Å²) >= 11 is 0. The Labute approximate surface area is 293 Å². The summed E-state index contributed by atoms with van der Waals surface area (Å²) in [6.07, 6.45) is 3.69. The minimum absolute atomic E-state index is 0.126. The second kappa shape index (κ2) is 13.2. The number of nitrogens with one attached hydrogen (secondary N) is 1. The van der Waals surface area contributed by atoms with Gasteiger partial charge in [0.1, 0.15) is 29.8 Å². The number of carbonyl (C=O) groups is 4. The average molecular weight is 705 g/mol. The summed E-state index contributed by atoms with van der Waals surface area (Å²) in [5, 5.41) is 7.11. The molecule has 3 fully saturated rings. The molecule has 3 aliphatic rings. The van der Waals surface area contributed by atoms with Gasteiger partial charge in [0, 0.05) is 30.9 Å². The Bertz CT molecular complexity index is 2000. The number of nitrogens with zero attached hydrogens (tertiary/aromatic N) is 5. The van der Waals surface area contributed by atoms with Gasteiger partial charge < -0.3 is 15.0 Å². The first kappa shape index (κ1) is 35.7. The van der Waals surface area contributed by atoms with Gasteiger partial charge in [0.15, 0.2) is 5.78 Å². The highest BCUT2D eigenvalue weighted by Crippen LogP contribution is 2.49. The van der Waals surface area contributed by atoms with E-state index in [9.17, 15) is 32.3 Å². The number of aryl methyl sites for hydroxylation is 1. The molecule has 4 heterocycles. The number of Topliss-reactive ketones (excluding diaryl/α,β-unsaturated/α-hetero) is 1. The van der Waals surface area contributed by atoms with E-state index in [2.05, 4.69) is 27.0 Å². The summed E-state index contributed by atoms with van der Waals surface area (Å²) in [5.41, 5.74) is 2.28. The Balaban J connectivity index is 1.30. The van der Waals surface area contributed by atoms with Crippen LogP contribution < -0.4 is 5.32 Å². The van der Waals surface area contributed by atoms with E-state index < -0.39 is 35.1 Å². The average Bonchev–Trinajstić information content (AvgIpc) is 3.42. The van der Waals surface area contributed by atoms with Crippen LogP contribution in [0.1, 0.15) is 97.0 Å². The lowest BCUT2D eigenvalue weighted by atomic mass is 9.94. The molecule has 1 aliphatic heterocycles. The van der Waals surface area contributed by atoms with Gasteiger partial charge in [-0.15, -0.1) is 0 Å². The van der Waals surface area contributed by atoms with Gasteiger partial charge in [-0.25, -0.2) is 4.98 Å². The van der Waals surface area contributed by atoms with Gasteiger partial charge in [-0.2, -0.15) is 18.3 Å². The second-order valence-electron chi connectivity index (χ2n) is 13.8. The lowest BCUT2D eigenvalue weighted by molar-refractivity contribution is -0.144. The van der Waals surface area contributed by atoms with Crippen molar-refractivity contribution in [3.63, 3.8) is 0 Å². The number of aromatic nitrogens is 4. The molecular formula is C37H39F3N6O5. The van der Waals surface area contributed by atoms with Gasteiger partial charge in [0.25, 0.3) is 0 Å². The summed E-state index contributed by atoms with van der Waals surface area (Å²) in [6.45, 7) is 10.3. The van der Waals surface area contributed by atoms with Crippen LogP contribution in [-0.2, 0) is 37.3 Å². The molecule has 0 radical (unpaired) electrons. The van der Waals surface area contributed by atoms with Gasteiger partial charge in [-0.3, -0.25) is 28.8 Å². The molecule has 2 amide bonds. The zero-order chi connectivity index (χ0) is 37.0. The lowest BCUT2D eigenvalue weighted by Gasteiger charge is -2.34. The van der Waals surface area contributed by atoms with Crippen LogP contribution in [0.2, 0.25) is 0 Å². The molecule has 3 aromatic heterocycles. The monoisotopic (exact) mass is 704 g/mol. The summed E-state index contributed by atoms with van der Waals surface area (Å²) in [6, 6.07) is 2.83. The first-order valence-corrected chi connectivity index (χ1v) is 16.7. The van der Waals surface area contributed by atoms with Gasteiger partial charge in [-0.05, 0) is 105 Å². The number of carbonyl (C=O) groups excluding carboxylic acids is 4. The summed E-state index contributed by atoms with van der Waals surface area (Å²) in [4.78, 5) is 62.7. The van der Waals surface area contributed by atoms with Crippen LogP contribution in [0.15, 0.2) is 37.2 Å². The number of ether oxygens (including phenoxy) is 1. The molecule has 3 aromatic rings. The normalized spacial score (nSPS) is 20.7. The van der Waals surface area contributed by atoms with Gasteiger partial charge in [0.05, 0.1) is 18.2 Å². The molecule has 0 spiro atoms. The predicted molar refractivity (Wildman–Crippen MR) is 182 cm³/mol. The third-order valence-electron chi connectivity index (χ3n) is 10.2. The summed E-state index contributed by atoms with van der Waals surface area (Å²) in [5.74, 6) is -2.05. The van der Waals surface area contributed by atoms with Crippen molar-refractivity contribution in [2.45, 2.75) is 90.0 Å². The van der Waals surface area contributed by atoms with Gasteiger partial charge >= 0.3 is 12.1 Å². The fourth-order valence-electron chi connectivity index (χ4n) is 7.48. The molecule has 268 valence electrons. The zero-order valence-corrected chi connectivity index (χ0v) is 29.1. The number of hydrogen-bond donors (Lipinski definition) is 1. The fourth-order valence-corrected chi connectivity index (χ4v) is 7.48. The molecule has 14 heteroatoms.